The van der Waals surface area contributed by atoms with E-state index in [0.717, 1.165) is 11.1 Å². The number of nitriles is 1. The second-order valence-corrected chi connectivity index (χ2v) is 7.33. The Labute approximate surface area is 179 Å². The lowest BCUT2D eigenvalue weighted by Gasteiger charge is -2.22. The summed E-state index contributed by atoms with van der Waals surface area (Å²) in [6.07, 6.45) is 0.150. The van der Waals surface area contributed by atoms with E-state index in [1.165, 1.54) is 23.1 Å². The van der Waals surface area contributed by atoms with Crippen molar-refractivity contribution >= 4 is 28.5 Å². The zero-order valence-electron chi connectivity index (χ0n) is 17.6. The number of carbonyl (C=O) groups excluding carboxylic acids is 2. The number of carbonyl (C=O) groups is 2. The first-order chi connectivity index (χ1) is 14.8. The van der Waals surface area contributed by atoms with Crippen LogP contribution in [0.3, 0.4) is 0 Å². The van der Waals surface area contributed by atoms with E-state index in [4.69, 9.17) is 10.00 Å². The van der Waals surface area contributed by atoms with Crippen LogP contribution in [0.1, 0.15) is 33.6 Å². The van der Waals surface area contributed by atoms with Crippen LogP contribution in [0, 0.1) is 37.9 Å². The maximum atomic E-state index is 13.4. The lowest BCUT2D eigenvalue weighted by Crippen LogP contribution is -2.35. The molecule has 1 heterocycles. The molecule has 3 aromatic rings. The quantitative estimate of drug-likeness (QED) is 0.553. The Morgan fingerprint density at radius 1 is 1.10 bits per heavy atom. The number of hydrogen-bond acceptors (Lipinski definition) is 5. The summed E-state index contributed by atoms with van der Waals surface area (Å²) < 4.78 is 18.7. The highest BCUT2D eigenvalue weighted by atomic mass is 19.1. The molecule has 6 nitrogen and oxygen atoms in total. The summed E-state index contributed by atoms with van der Waals surface area (Å²) in [6.45, 7) is 5.18. The average Bonchev–Trinajstić information content (AvgIpc) is 2.71. The van der Waals surface area contributed by atoms with Gasteiger partial charge in [-0.3, -0.25) is 9.78 Å². The minimum Gasteiger partial charge on any atom is -0.452 e. The number of benzene rings is 2. The molecule has 0 aliphatic heterocycles. The van der Waals surface area contributed by atoms with Gasteiger partial charge in [-0.1, -0.05) is 6.07 Å². The van der Waals surface area contributed by atoms with Crippen LogP contribution in [0.2, 0.25) is 0 Å². The number of anilines is 1. The highest BCUT2D eigenvalue weighted by molar-refractivity contribution is 5.99. The van der Waals surface area contributed by atoms with Gasteiger partial charge in [-0.25, -0.2) is 9.18 Å². The Kier molecular flexibility index (Phi) is 6.61. The van der Waals surface area contributed by atoms with Crippen molar-refractivity contribution in [3.05, 3.63) is 70.7 Å². The Hall–Kier alpha value is -3.79. The highest BCUT2D eigenvalue weighted by Gasteiger charge is 2.20. The van der Waals surface area contributed by atoms with Gasteiger partial charge in [0.2, 0.25) is 0 Å². The van der Waals surface area contributed by atoms with Gasteiger partial charge >= 0.3 is 5.97 Å². The van der Waals surface area contributed by atoms with Crippen molar-refractivity contribution in [3.63, 3.8) is 0 Å². The molecule has 0 radical (unpaired) electrons. The van der Waals surface area contributed by atoms with Gasteiger partial charge < -0.3 is 9.64 Å². The summed E-state index contributed by atoms with van der Waals surface area (Å²) in [6, 6.07) is 13.4. The molecule has 158 valence electrons. The van der Waals surface area contributed by atoms with Crippen molar-refractivity contribution in [1.29, 1.82) is 5.26 Å². The number of aryl methyl sites for hydroxylation is 3. The number of esters is 1. The summed E-state index contributed by atoms with van der Waals surface area (Å²) in [4.78, 5) is 31.1. The molecule has 0 unspecified atom stereocenters. The van der Waals surface area contributed by atoms with E-state index in [-0.39, 0.29) is 18.5 Å². The van der Waals surface area contributed by atoms with Crippen LogP contribution in [0.5, 0.6) is 0 Å². The summed E-state index contributed by atoms with van der Waals surface area (Å²) in [7, 11) is 0. The Morgan fingerprint density at radius 2 is 1.81 bits per heavy atom. The van der Waals surface area contributed by atoms with Gasteiger partial charge in [0, 0.05) is 23.7 Å². The van der Waals surface area contributed by atoms with Crippen molar-refractivity contribution in [1.82, 2.24) is 4.98 Å². The molecule has 0 atom stereocenters. The number of rotatable bonds is 6. The standard InChI is InChI=1S/C24H22FN3O3/c1-15-9-16(2)11-20(10-15)28(8-4-7-26)23(29)14-31-24(30)21-12-18-5-6-19(25)13-22(18)27-17(21)3/h5-6,9-13H,4,8,14H2,1-3H3. The minimum atomic E-state index is -0.690. The number of halogens is 1. The van der Waals surface area contributed by atoms with Gasteiger partial charge in [0.1, 0.15) is 5.82 Å². The second kappa shape index (κ2) is 9.35. The largest absolute Gasteiger partial charge is 0.452 e. The first-order valence-corrected chi connectivity index (χ1v) is 9.78. The summed E-state index contributed by atoms with van der Waals surface area (Å²) in [5, 5.41) is 9.54. The van der Waals surface area contributed by atoms with Gasteiger partial charge in [0.05, 0.1) is 29.3 Å². The summed E-state index contributed by atoms with van der Waals surface area (Å²) >= 11 is 0. The number of pyridine rings is 1. The third kappa shape index (κ3) is 5.23. The minimum absolute atomic E-state index is 0.150. The Balaban J connectivity index is 1.78. The third-order valence-corrected chi connectivity index (χ3v) is 4.78. The van der Waals surface area contributed by atoms with Crippen LogP contribution in [0.25, 0.3) is 10.9 Å². The molecular weight excluding hydrogens is 397 g/mol. The predicted octanol–water partition coefficient (Wildman–Crippen LogP) is 4.40. The summed E-state index contributed by atoms with van der Waals surface area (Å²) in [5.74, 6) is -1.53. The van der Waals surface area contributed by atoms with E-state index in [1.54, 1.807) is 13.0 Å². The number of aromatic nitrogens is 1. The first-order valence-electron chi connectivity index (χ1n) is 9.78. The SMILES string of the molecule is Cc1cc(C)cc(N(CCC#N)C(=O)COC(=O)c2cc3ccc(F)cc3nc2C)c1. The molecule has 31 heavy (non-hydrogen) atoms. The van der Waals surface area contributed by atoms with Gasteiger partial charge in [-0.15, -0.1) is 0 Å². The zero-order valence-corrected chi connectivity index (χ0v) is 17.6. The number of amides is 1. The molecule has 3 rings (SSSR count). The molecule has 0 spiro atoms. The molecule has 1 aromatic heterocycles. The molecule has 0 saturated heterocycles. The van der Waals surface area contributed by atoms with Crippen LogP contribution >= 0.6 is 0 Å². The van der Waals surface area contributed by atoms with Crippen molar-refractivity contribution < 1.29 is 18.7 Å². The molecule has 7 heteroatoms. The van der Waals surface area contributed by atoms with E-state index in [2.05, 4.69) is 4.98 Å². The van der Waals surface area contributed by atoms with Crippen LogP contribution in [0.15, 0.2) is 42.5 Å². The van der Waals surface area contributed by atoms with E-state index in [1.807, 2.05) is 38.1 Å². The average molecular weight is 419 g/mol. The first kappa shape index (κ1) is 21.9. The van der Waals surface area contributed by atoms with Crippen molar-refractivity contribution in [2.75, 3.05) is 18.1 Å². The molecule has 0 fully saturated rings. The van der Waals surface area contributed by atoms with Gasteiger partial charge in [0.25, 0.3) is 5.91 Å². The number of hydrogen-bond donors (Lipinski definition) is 0. The van der Waals surface area contributed by atoms with Crippen LogP contribution in [0.4, 0.5) is 10.1 Å². The van der Waals surface area contributed by atoms with E-state index < -0.39 is 24.3 Å². The van der Waals surface area contributed by atoms with E-state index in [0.29, 0.717) is 22.3 Å². The Morgan fingerprint density at radius 3 is 2.48 bits per heavy atom. The van der Waals surface area contributed by atoms with Gasteiger partial charge in [-0.05, 0) is 62.2 Å². The fourth-order valence-corrected chi connectivity index (χ4v) is 3.39. The lowest BCUT2D eigenvalue weighted by atomic mass is 10.1. The molecular formula is C24H22FN3O3. The van der Waals surface area contributed by atoms with Crippen molar-refractivity contribution in [2.45, 2.75) is 27.2 Å². The molecule has 0 N–H and O–H groups in total. The zero-order chi connectivity index (χ0) is 22.5. The lowest BCUT2D eigenvalue weighted by molar-refractivity contribution is -0.121. The predicted molar refractivity (Wildman–Crippen MR) is 115 cm³/mol. The van der Waals surface area contributed by atoms with Crippen LogP contribution in [-0.2, 0) is 9.53 Å². The van der Waals surface area contributed by atoms with Crippen molar-refractivity contribution in [3.8, 4) is 6.07 Å². The number of ether oxygens (including phenoxy) is 1. The maximum absolute atomic E-state index is 13.4. The second-order valence-electron chi connectivity index (χ2n) is 7.33. The van der Waals surface area contributed by atoms with E-state index in [9.17, 15) is 14.0 Å². The third-order valence-electron chi connectivity index (χ3n) is 4.78. The highest BCUT2D eigenvalue weighted by Crippen LogP contribution is 2.21. The number of nitrogens with zero attached hydrogens (tertiary/aromatic N) is 3. The summed E-state index contributed by atoms with van der Waals surface area (Å²) in [5.41, 5.74) is 3.64. The normalized spacial score (nSPS) is 10.5. The van der Waals surface area contributed by atoms with Crippen molar-refractivity contribution in [2.24, 2.45) is 0 Å². The molecule has 0 saturated carbocycles. The molecule has 0 aliphatic rings. The van der Waals surface area contributed by atoms with Gasteiger partial charge in [0.15, 0.2) is 6.61 Å². The number of fused-ring (bicyclic) bond motifs is 1. The topological polar surface area (TPSA) is 83.3 Å². The van der Waals surface area contributed by atoms with Gasteiger partial charge in [-0.2, -0.15) is 5.26 Å². The van der Waals surface area contributed by atoms with Crippen LogP contribution in [-0.4, -0.2) is 30.0 Å². The molecule has 0 bridgehead atoms. The smallest absolute Gasteiger partial charge is 0.340 e. The maximum Gasteiger partial charge on any atom is 0.340 e. The fraction of sp³-hybridized carbons (Fsp3) is 0.250. The fourth-order valence-electron chi connectivity index (χ4n) is 3.39. The monoisotopic (exact) mass is 419 g/mol. The molecule has 0 aliphatic carbocycles. The Bertz CT molecular complexity index is 1180. The van der Waals surface area contributed by atoms with Crippen LogP contribution < -0.4 is 4.90 Å². The van der Waals surface area contributed by atoms with E-state index >= 15 is 0 Å². The molecule has 2 aromatic carbocycles. The molecule has 1 amide bonds.